The van der Waals surface area contributed by atoms with Crippen LogP contribution in [0.15, 0.2) is 0 Å². The summed E-state index contributed by atoms with van der Waals surface area (Å²) in [5.41, 5.74) is 0. The van der Waals surface area contributed by atoms with Gasteiger partial charge in [0.15, 0.2) is 0 Å². The molecule has 1 aliphatic rings. The van der Waals surface area contributed by atoms with Crippen LogP contribution in [0.2, 0.25) is 0 Å². The molecule has 1 heterocycles. The minimum absolute atomic E-state index is 1.42. The molecule has 0 N–H and O–H groups in total. The highest BCUT2D eigenvalue weighted by Crippen LogP contribution is 2.14. The molecule has 0 amide bonds. The Labute approximate surface area is 43.3 Å². The number of rotatable bonds is 0. The van der Waals surface area contributed by atoms with Gasteiger partial charge in [-0.1, -0.05) is 6.42 Å². The van der Waals surface area contributed by atoms with Crippen LogP contribution in [0.4, 0.5) is 0 Å². The first-order chi connectivity index (χ1) is 3.00. The molecule has 1 saturated heterocycles. The zero-order valence-electron chi connectivity index (χ0n) is 3.94. The summed E-state index contributed by atoms with van der Waals surface area (Å²) in [6.07, 6.45) is 4.41. The summed E-state index contributed by atoms with van der Waals surface area (Å²) in [6, 6.07) is 0. The standard InChI is InChI=1S/C5H10S/c1-2-4-6-5-3-1/h1-5H2/i4+1. The van der Waals surface area contributed by atoms with Crippen molar-refractivity contribution in [2.45, 2.75) is 19.3 Å². The van der Waals surface area contributed by atoms with Crippen molar-refractivity contribution in [2.75, 3.05) is 11.5 Å². The molecule has 0 bridgehead atoms. The Hall–Kier alpha value is 0.350. The Balaban J connectivity index is 2.00. The van der Waals surface area contributed by atoms with Crippen molar-refractivity contribution in [2.24, 2.45) is 0 Å². The smallest absolute Gasteiger partial charge is 0.00675 e. The van der Waals surface area contributed by atoms with E-state index in [1.165, 1.54) is 30.8 Å². The van der Waals surface area contributed by atoms with Crippen LogP contribution in [0.1, 0.15) is 19.3 Å². The fourth-order valence-electron chi connectivity index (χ4n) is 0.687. The molecule has 0 aromatic heterocycles. The highest BCUT2D eigenvalue weighted by Gasteiger charge is 1.95. The molecule has 0 aliphatic carbocycles. The predicted molar refractivity (Wildman–Crippen MR) is 31.2 cm³/mol. The van der Waals surface area contributed by atoms with Gasteiger partial charge in [0.2, 0.25) is 0 Å². The first-order valence-electron chi connectivity index (χ1n) is 2.58. The molecule has 0 spiro atoms. The Morgan fingerprint density at radius 1 is 0.833 bits per heavy atom. The second-order valence-corrected chi connectivity index (χ2v) is 2.90. The van der Waals surface area contributed by atoms with Gasteiger partial charge < -0.3 is 0 Å². The second-order valence-electron chi connectivity index (χ2n) is 1.67. The molecule has 36 valence electrons. The van der Waals surface area contributed by atoms with Crippen LogP contribution >= 0.6 is 11.8 Å². The summed E-state index contributed by atoms with van der Waals surface area (Å²) in [5.74, 6) is 2.83. The van der Waals surface area contributed by atoms with Crippen LogP contribution in [-0.2, 0) is 0 Å². The molecule has 0 atom stereocenters. The summed E-state index contributed by atoms with van der Waals surface area (Å²) >= 11 is 2.09. The van der Waals surface area contributed by atoms with E-state index < -0.39 is 0 Å². The third kappa shape index (κ3) is 1.21. The van der Waals surface area contributed by atoms with Gasteiger partial charge in [-0.2, -0.15) is 11.8 Å². The van der Waals surface area contributed by atoms with Crippen molar-refractivity contribution in [1.29, 1.82) is 0 Å². The summed E-state index contributed by atoms with van der Waals surface area (Å²) in [7, 11) is 0. The van der Waals surface area contributed by atoms with Crippen molar-refractivity contribution < 1.29 is 0 Å². The molecule has 0 radical (unpaired) electrons. The predicted octanol–water partition coefficient (Wildman–Crippen LogP) is 1.90. The summed E-state index contributed by atoms with van der Waals surface area (Å²) in [4.78, 5) is 0. The van der Waals surface area contributed by atoms with Crippen LogP contribution in [0.25, 0.3) is 0 Å². The van der Waals surface area contributed by atoms with Crippen molar-refractivity contribution in [3.05, 3.63) is 0 Å². The van der Waals surface area contributed by atoms with Crippen molar-refractivity contribution in [1.82, 2.24) is 0 Å². The van der Waals surface area contributed by atoms with E-state index >= 15 is 0 Å². The van der Waals surface area contributed by atoms with E-state index in [1.807, 2.05) is 0 Å². The second kappa shape index (κ2) is 2.51. The van der Waals surface area contributed by atoms with Gasteiger partial charge in [-0.15, -0.1) is 0 Å². The average molecular weight is 103 g/mol. The molecule has 6 heavy (non-hydrogen) atoms. The first kappa shape index (κ1) is 4.51. The van der Waals surface area contributed by atoms with E-state index in [1.54, 1.807) is 0 Å². The quantitative estimate of drug-likeness (QED) is 0.422. The molecular weight excluding hydrogens is 93.1 g/mol. The lowest BCUT2D eigenvalue weighted by Gasteiger charge is -2.05. The summed E-state index contributed by atoms with van der Waals surface area (Å²) < 4.78 is 0. The van der Waals surface area contributed by atoms with E-state index in [4.69, 9.17) is 0 Å². The van der Waals surface area contributed by atoms with Crippen molar-refractivity contribution >= 4 is 11.8 Å². The van der Waals surface area contributed by atoms with E-state index in [9.17, 15) is 0 Å². The van der Waals surface area contributed by atoms with Crippen LogP contribution in [0, 0.1) is 0 Å². The maximum Gasteiger partial charge on any atom is -0.00675 e. The lowest BCUT2D eigenvalue weighted by Crippen LogP contribution is -1.91. The van der Waals surface area contributed by atoms with Gasteiger partial charge in [-0.3, -0.25) is 0 Å². The van der Waals surface area contributed by atoms with E-state index in [0.29, 0.717) is 0 Å². The molecule has 0 saturated carbocycles. The number of hydrogen-bond acceptors (Lipinski definition) is 1. The Kier molecular flexibility index (Phi) is 1.89. The topological polar surface area (TPSA) is 0 Å². The third-order valence-electron chi connectivity index (χ3n) is 1.08. The largest absolute Gasteiger partial charge is 0.162 e. The van der Waals surface area contributed by atoms with Crippen LogP contribution in [-0.4, -0.2) is 11.5 Å². The molecule has 1 aliphatic heterocycles. The normalized spacial score (nSPS) is 24.0. The van der Waals surface area contributed by atoms with Gasteiger partial charge in [-0.05, 0) is 24.3 Å². The Bertz CT molecular complexity index is 19.4. The zero-order valence-corrected chi connectivity index (χ0v) is 4.76. The Morgan fingerprint density at radius 3 is 1.67 bits per heavy atom. The monoisotopic (exact) mass is 103 g/mol. The lowest BCUT2D eigenvalue weighted by molar-refractivity contribution is 0.764. The number of hydrogen-bond donors (Lipinski definition) is 0. The maximum atomic E-state index is 2.09. The molecule has 0 aromatic rings. The van der Waals surface area contributed by atoms with Crippen LogP contribution in [0.3, 0.4) is 0 Å². The molecule has 1 rings (SSSR count). The fraction of sp³-hybridized carbons (Fsp3) is 1.00. The van der Waals surface area contributed by atoms with Crippen LogP contribution in [0.5, 0.6) is 0 Å². The van der Waals surface area contributed by atoms with Crippen molar-refractivity contribution in [3.8, 4) is 0 Å². The van der Waals surface area contributed by atoms with E-state index in [2.05, 4.69) is 11.8 Å². The third-order valence-corrected chi connectivity index (χ3v) is 2.23. The Morgan fingerprint density at radius 2 is 1.50 bits per heavy atom. The van der Waals surface area contributed by atoms with Gasteiger partial charge in [0, 0.05) is 0 Å². The molecule has 0 unspecified atom stereocenters. The SMILES string of the molecule is C1CCS[13CH2]C1. The number of thioether (sulfide) groups is 1. The van der Waals surface area contributed by atoms with E-state index in [-0.39, 0.29) is 0 Å². The fourth-order valence-corrected chi connectivity index (χ4v) is 1.71. The van der Waals surface area contributed by atoms with Gasteiger partial charge in [0.1, 0.15) is 0 Å². The van der Waals surface area contributed by atoms with Gasteiger partial charge in [0.05, 0.1) is 0 Å². The summed E-state index contributed by atoms with van der Waals surface area (Å²) in [5, 5.41) is 0. The molecule has 0 aromatic carbocycles. The molecule has 1 heteroatoms. The summed E-state index contributed by atoms with van der Waals surface area (Å²) in [6.45, 7) is 0. The van der Waals surface area contributed by atoms with Crippen LogP contribution < -0.4 is 0 Å². The lowest BCUT2D eigenvalue weighted by atomic mass is 10.3. The minimum Gasteiger partial charge on any atom is -0.162 e. The van der Waals surface area contributed by atoms with Gasteiger partial charge in [-0.25, -0.2) is 0 Å². The van der Waals surface area contributed by atoms with Gasteiger partial charge >= 0.3 is 0 Å². The minimum atomic E-state index is 1.42. The first-order valence-corrected chi connectivity index (χ1v) is 3.73. The molecule has 1 fully saturated rings. The molecular formula is C5H10S. The highest BCUT2D eigenvalue weighted by atomic mass is 32.2. The molecule has 0 nitrogen and oxygen atoms in total. The average Bonchev–Trinajstić information content (AvgIpc) is 1.72. The maximum absolute atomic E-state index is 2.09. The zero-order chi connectivity index (χ0) is 4.24. The van der Waals surface area contributed by atoms with E-state index in [0.717, 1.165) is 0 Å². The van der Waals surface area contributed by atoms with Gasteiger partial charge in [0.25, 0.3) is 0 Å². The highest BCUT2D eigenvalue weighted by molar-refractivity contribution is 7.99. The van der Waals surface area contributed by atoms with Crippen molar-refractivity contribution in [3.63, 3.8) is 0 Å².